The molecule has 0 N–H and O–H groups in total. The van der Waals surface area contributed by atoms with Crippen molar-refractivity contribution in [2.75, 3.05) is 32.4 Å². The van der Waals surface area contributed by atoms with Crippen molar-refractivity contribution in [2.24, 2.45) is 5.92 Å². The fourth-order valence-electron chi connectivity index (χ4n) is 3.14. The lowest BCUT2D eigenvalue weighted by Gasteiger charge is -2.20. The van der Waals surface area contributed by atoms with Crippen molar-refractivity contribution in [3.05, 3.63) is 29.3 Å². The fourth-order valence-corrected chi connectivity index (χ4v) is 4.07. The molecular weight excluding hydrogens is 292 g/mol. The molecule has 3 nitrogen and oxygen atoms in total. The van der Waals surface area contributed by atoms with E-state index in [1.807, 2.05) is 29.2 Å². The Morgan fingerprint density at radius 2 is 2.10 bits per heavy atom. The molecule has 2 aliphatic rings. The summed E-state index contributed by atoms with van der Waals surface area (Å²) in [5, 5.41) is 0.732. The zero-order valence-corrected chi connectivity index (χ0v) is 13.2. The van der Waals surface area contributed by atoms with Crippen LogP contribution in [0.15, 0.2) is 29.2 Å². The van der Waals surface area contributed by atoms with E-state index in [4.69, 9.17) is 11.6 Å². The minimum absolute atomic E-state index is 0.257. The molecule has 1 amide bonds. The third kappa shape index (κ3) is 2.97. The van der Waals surface area contributed by atoms with Gasteiger partial charge in [0.25, 0.3) is 0 Å². The van der Waals surface area contributed by atoms with E-state index in [9.17, 15) is 4.79 Å². The number of amides is 1. The fraction of sp³-hybridized carbons (Fsp3) is 0.533. The van der Waals surface area contributed by atoms with Gasteiger partial charge in [-0.2, -0.15) is 0 Å². The standard InChI is InChI=1S/C15H19ClN2OS/c1-17-7-6-11-8-18(9-14(11)17)15(19)10-20-13-4-2-12(16)3-5-13/h2-5,11,14H,6-10H2,1H3/t11-,14+/m1/s1. The van der Waals surface area contributed by atoms with E-state index in [1.54, 1.807) is 11.8 Å². The Hall–Kier alpha value is -0.710. The van der Waals surface area contributed by atoms with Crippen molar-refractivity contribution in [3.63, 3.8) is 0 Å². The molecule has 0 spiro atoms. The molecule has 1 aromatic carbocycles. The summed E-state index contributed by atoms with van der Waals surface area (Å²) in [6.45, 7) is 3.02. The van der Waals surface area contributed by atoms with Gasteiger partial charge in [0, 0.05) is 29.0 Å². The third-order valence-corrected chi connectivity index (χ3v) is 5.60. The van der Waals surface area contributed by atoms with Crippen LogP contribution in [0.5, 0.6) is 0 Å². The summed E-state index contributed by atoms with van der Waals surface area (Å²) < 4.78 is 0. The van der Waals surface area contributed by atoms with Gasteiger partial charge in [0.2, 0.25) is 5.91 Å². The van der Waals surface area contributed by atoms with Crippen LogP contribution in [0.2, 0.25) is 5.02 Å². The quantitative estimate of drug-likeness (QED) is 0.802. The Morgan fingerprint density at radius 1 is 1.35 bits per heavy atom. The molecule has 2 heterocycles. The molecule has 0 bridgehead atoms. The highest BCUT2D eigenvalue weighted by molar-refractivity contribution is 8.00. The predicted octanol–water partition coefficient (Wildman–Crippen LogP) is 2.59. The number of rotatable bonds is 3. The minimum Gasteiger partial charge on any atom is -0.340 e. The van der Waals surface area contributed by atoms with Crippen LogP contribution in [0.1, 0.15) is 6.42 Å². The zero-order chi connectivity index (χ0) is 14.1. The summed E-state index contributed by atoms with van der Waals surface area (Å²) in [6, 6.07) is 8.24. The average Bonchev–Trinajstić information content (AvgIpc) is 3.01. The van der Waals surface area contributed by atoms with Crippen LogP contribution in [0.25, 0.3) is 0 Å². The van der Waals surface area contributed by atoms with Crippen LogP contribution in [-0.2, 0) is 4.79 Å². The number of thioether (sulfide) groups is 1. The summed E-state index contributed by atoms with van der Waals surface area (Å²) in [7, 11) is 2.17. The lowest BCUT2D eigenvalue weighted by atomic mass is 10.1. The Labute approximate surface area is 129 Å². The number of hydrogen-bond donors (Lipinski definition) is 0. The molecule has 108 valence electrons. The van der Waals surface area contributed by atoms with Crippen molar-refractivity contribution >= 4 is 29.3 Å². The minimum atomic E-state index is 0.257. The number of carbonyl (C=O) groups excluding carboxylic acids is 1. The third-order valence-electron chi connectivity index (χ3n) is 4.35. The highest BCUT2D eigenvalue weighted by Crippen LogP contribution is 2.31. The lowest BCUT2D eigenvalue weighted by Crippen LogP contribution is -2.35. The first-order valence-electron chi connectivity index (χ1n) is 7.00. The molecule has 2 saturated heterocycles. The summed E-state index contributed by atoms with van der Waals surface area (Å²) in [5.41, 5.74) is 0. The second-order valence-corrected chi connectivity index (χ2v) is 7.12. The Kier molecular flexibility index (Phi) is 4.24. The topological polar surface area (TPSA) is 23.6 Å². The first-order valence-corrected chi connectivity index (χ1v) is 8.36. The van der Waals surface area contributed by atoms with Gasteiger partial charge >= 0.3 is 0 Å². The Bertz CT molecular complexity index is 493. The Morgan fingerprint density at radius 3 is 2.80 bits per heavy atom. The maximum absolute atomic E-state index is 12.3. The van der Waals surface area contributed by atoms with E-state index in [0.717, 1.165) is 23.0 Å². The Balaban J connectivity index is 1.52. The molecule has 1 aromatic rings. The van der Waals surface area contributed by atoms with E-state index in [2.05, 4.69) is 11.9 Å². The molecule has 0 saturated carbocycles. The number of hydrogen-bond acceptors (Lipinski definition) is 3. The molecule has 20 heavy (non-hydrogen) atoms. The molecule has 2 aliphatic heterocycles. The van der Waals surface area contributed by atoms with E-state index in [1.165, 1.54) is 13.0 Å². The molecule has 5 heteroatoms. The van der Waals surface area contributed by atoms with Gasteiger partial charge in [0.1, 0.15) is 0 Å². The second kappa shape index (κ2) is 5.96. The largest absolute Gasteiger partial charge is 0.340 e. The van der Waals surface area contributed by atoms with E-state index < -0.39 is 0 Å². The molecule has 0 radical (unpaired) electrons. The number of likely N-dealkylation sites (tertiary alicyclic amines) is 2. The number of fused-ring (bicyclic) bond motifs is 1. The van der Waals surface area contributed by atoms with Crippen LogP contribution >= 0.6 is 23.4 Å². The van der Waals surface area contributed by atoms with Gasteiger partial charge in [-0.15, -0.1) is 11.8 Å². The molecule has 0 aliphatic carbocycles. The highest BCUT2D eigenvalue weighted by Gasteiger charge is 2.40. The number of benzene rings is 1. The van der Waals surface area contributed by atoms with Crippen LogP contribution in [-0.4, -0.2) is 54.2 Å². The number of likely N-dealkylation sites (N-methyl/N-ethyl adjacent to an activating group) is 1. The first-order chi connectivity index (χ1) is 9.63. The molecule has 0 unspecified atom stereocenters. The second-order valence-electron chi connectivity index (χ2n) is 5.64. The average molecular weight is 311 g/mol. The molecule has 0 aromatic heterocycles. The highest BCUT2D eigenvalue weighted by atomic mass is 35.5. The van der Waals surface area contributed by atoms with E-state index >= 15 is 0 Å². The van der Waals surface area contributed by atoms with Gasteiger partial charge in [-0.25, -0.2) is 0 Å². The van der Waals surface area contributed by atoms with E-state index in [-0.39, 0.29) is 5.91 Å². The van der Waals surface area contributed by atoms with Crippen molar-refractivity contribution in [3.8, 4) is 0 Å². The maximum atomic E-state index is 12.3. The predicted molar refractivity (Wildman–Crippen MR) is 83.3 cm³/mol. The van der Waals surface area contributed by atoms with Crippen molar-refractivity contribution in [1.29, 1.82) is 0 Å². The van der Waals surface area contributed by atoms with Crippen LogP contribution in [0, 0.1) is 5.92 Å². The van der Waals surface area contributed by atoms with Crippen LogP contribution in [0.3, 0.4) is 0 Å². The van der Waals surface area contributed by atoms with Gasteiger partial charge in [-0.3, -0.25) is 4.79 Å². The van der Waals surface area contributed by atoms with Gasteiger partial charge in [-0.05, 0) is 50.2 Å². The monoisotopic (exact) mass is 310 g/mol. The number of carbonyl (C=O) groups is 1. The summed E-state index contributed by atoms with van der Waals surface area (Å²) >= 11 is 7.45. The van der Waals surface area contributed by atoms with Crippen LogP contribution in [0.4, 0.5) is 0 Å². The van der Waals surface area contributed by atoms with Gasteiger partial charge < -0.3 is 9.80 Å². The first kappa shape index (κ1) is 14.2. The molecule has 2 atom stereocenters. The summed E-state index contributed by atoms with van der Waals surface area (Å²) in [6.07, 6.45) is 1.23. The van der Waals surface area contributed by atoms with Crippen molar-refractivity contribution < 1.29 is 4.79 Å². The molecular formula is C15H19ClN2OS. The summed E-state index contributed by atoms with van der Waals surface area (Å²) in [4.78, 5) is 17.8. The van der Waals surface area contributed by atoms with Crippen molar-refractivity contribution in [1.82, 2.24) is 9.80 Å². The SMILES string of the molecule is CN1CC[C@@H]2CN(C(=O)CSc3ccc(Cl)cc3)C[C@@H]21. The number of nitrogens with zero attached hydrogens (tertiary/aromatic N) is 2. The van der Waals surface area contributed by atoms with E-state index in [0.29, 0.717) is 17.7 Å². The summed E-state index contributed by atoms with van der Waals surface area (Å²) in [5.74, 6) is 1.46. The number of halogens is 1. The molecule has 2 fully saturated rings. The molecule has 3 rings (SSSR count). The lowest BCUT2D eigenvalue weighted by molar-refractivity contribution is -0.127. The van der Waals surface area contributed by atoms with Crippen molar-refractivity contribution in [2.45, 2.75) is 17.4 Å². The normalized spacial score (nSPS) is 26.0. The maximum Gasteiger partial charge on any atom is 0.232 e. The van der Waals surface area contributed by atoms with Crippen LogP contribution < -0.4 is 0 Å². The van der Waals surface area contributed by atoms with Gasteiger partial charge in [-0.1, -0.05) is 11.6 Å². The van der Waals surface area contributed by atoms with Gasteiger partial charge in [0.05, 0.1) is 5.75 Å². The zero-order valence-electron chi connectivity index (χ0n) is 11.6. The van der Waals surface area contributed by atoms with Gasteiger partial charge in [0.15, 0.2) is 0 Å². The smallest absolute Gasteiger partial charge is 0.232 e.